The quantitative estimate of drug-likeness (QED) is 0.585. The van der Waals surface area contributed by atoms with Crippen molar-refractivity contribution >= 4 is 5.71 Å². The Hall–Kier alpha value is -0.330. The minimum absolute atomic E-state index is 0.136. The molecule has 0 heterocycles. The van der Waals surface area contributed by atoms with Crippen molar-refractivity contribution < 1.29 is 0 Å². The van der Waals surface area contributed by atoms with Gasteiger partial charge in [-0.1, -0.05) is 27.7 Å². The van der Waals surface area contributed by atoms with Gasteiger partial charge in [0.05, 0.1) is 5.54 Å². The van der Waals surface area contributed by atoms with Crippen molar-refractivity contribution in [3.8, 4) is 0 Å². The molecule has 0 rings (SSSR count). The van der Waals surface area contributed by atoms with E-state index >= 15 is 0 Å². The summed E-state index contributed by atoms with van der Waals surface area (Å²) in [5, 5.41) is 0. The lowest BCUT2D eigenvalue weighted by atomic mass is 9.79. The monoisotopic (exact) mass is 183 g/mol. The van der Waals surface area contributed by atoms with Crippen molar-refractivity contribution in [2.75, 3.05) is 0 Å². The summed E-state index contributed by atoms with van der Waals surface area (Å²) in [7, 11) is 0. The molecule has 0 saturated heterocycles. The second-order valence-electron chi connectivity index (χ2n) is 5.65. The van der Waals surface area contributed by atoms with Crippen LogP contribution in [0.3, 0.4) is 0 Å². The third-order valence-corrected chi connectivity index (χ3v) is 2.17. The average molecular weight is 183 g/mol. The highest BCUT2D eigenvalue weighted by molar-refractivity contribution is 5.79. The highest BCUT2D eigenvalue weighted by atomic mass is 14.9. The van der Waals surface area contributed by atoms with Gasteiger partial charge in [-0.05, 0) is 39.0 Å². The highest BCUT2D eigenvalue weighted by Gasteiger charge is 2.27. The molecule has 0 aliphatic carbocycles. The lowest BCUT2D eigenvalue weighted by Gasteiger charge is -2.32. The molecule has 1 nitrogen and oxygen atoms in total. The fourth-order valence-electron chi connectivity index (χ4n) is 1.93. The first-order valence-electron chi connectivity index (χ1n) is 5.21. The zero-order valence-corrected chi connectivity index (χ0v) is 10.4. The maximum absolute atomic E-state index is 4.73. The molecule has 13 heavy (non-hydrogen) atoms. The smallest absolute Gasteiger partial charge is 0.0581 e. The van der Waals surface area contributed by atoms with Crippen LogP contribution < -0.4 is 0 Å². The summed E-state index contributed by atoms with van der Waals surface area (Å²) >= 11 is 0. The summed E-state index contributed by atoms with van der Waals surface area (Å²) in [6.45, 7) is 15.5. The first-order valence-corrected chi connectivity index (χ1v) is 5.21. The van der Waals surface area contributed by atoms with E-state index in [0.717, 1.165) is 12.8 Å². The van der Waals surface area contributed by atoms with E-state index in [9.17, 15) is 0 Å². The van der Waals surface area contributed by atoms with Crippen LogP contribution in [0.5, 0.6) is 0 Å². The fraction of sp³-hybridized carbons (Fsp3) is 0.917. The lowest BCUT2D eigenvalue weighted by Crippen LogP contribution is -2.28. The minimum atomic E-state index is 0.136. The Bertz CT molecular complexity index is 182. The van der Waals surface area contributed by atoms with Crippen molar-refractivity contribution in [2.45, 2.75) is 66.8 Å². The zero-order chi connectivity index (χ0) is 10.7. The molecule has 0 spiro atoms. The molecule has 0 aromatic rings. The van der Waals surface area contributed by atoms with Gasteiger partial charge in [0.15, 0.2) is 0 Å². The first-order chi connectivity index (χ1) is 5.68. The molecule has 0 aliphatic heterocycles. The molecule has 0 aromatic heterocycles. The zero-order valence-electron chi connectivity index (χ0n) is 10.4. The van der Waals surface area contributed by atoms with Crippen molar-refractivity contribution in [3.63, 3.8) is 0 Å². The Labute approximate surface area is 83.6 Å². The van der Waals surface area contributed by atoms with Gasteiger partial charge in [0, 0.05) is 5.71 Å². The maximum atomic E-state index is 4.73. The summed E-state index contributed by atoms with van der Waals surface area (Å²) in [6, 6.07) is 0. The van der Waals surface area contributed by atoms with Crippen LogP contribution in [0.4, 0.5) is 0 Å². The van der Waals surface area contributed by atoms with E-state index in [1.807, 2.05) is 0 Å². The average Bonchev–Trinajstić information content (AvgIpc) is 1.81. The van der Waals surface area contributed by atoms with Crippen LogP contribution in [0.15, 0.2) is 4.99 Å². The molecule has 0 radical (unpaired) electrons. The third kappa shape index (κ3) is 5.84. The molecule has 0 N–H and O–H groups in total. The first kappa shape index (κ1) is 12.7. The van der Waals surface area contributed by atoms with E-state index in [0.29, 0.717) is 5.41 Å². The number of aliphatic imine (C=N–C) groups is 1. The van der Waals surface area contributed by atoms with E-state index in [-0.39, 0.29) is 5.54 Å². The van der Waals surface area contributed by atoms with Gasteiger partial charge < -0.3 is 0 Å². The molecule has 0 aliphatic rings. The Balaban J connectivity index is 4.56. The van der Waals surface area contributed by atoms with Crippen LogP contribution in [0.2, 0.25) is 0 Å². The van der Waals surface area contributed by atoms with Crippen molar-refractivity contribution in [1.82, 2.24) is 0 Å². The minimum Gasteiger partial charge on any atom is -0.288 e. The van der Waals surface area contributed by atoms with E-state index in [1.165, 1.54) is 5.71 Å². The van der Waals surface area contributed by atoms with Gasteiger partial charge in [-0.15, -0.1) is 0 Å². The molecular weight excluding hydrogens is 158 g/mol. The van der Waals surface area contributed by atoms with Gasteiger partial charge in [-0.3, -0.25) is 4.99 Å². The van der Waals surface area contributed by atoms with Gasteiger partial charge in [0.2, 0.25) is 0 Å². The fourth-order valence-corrected chi connectivity index (χ4v) is 1.93. The summed E-state index contributed by atoms with van der Waals surface area (Å²) in [4.78, 5) is 4.73. The van der Waals surface area contributed by atoms with Gasteiger partial charge >= 0.3 is 0 Å². The van der Waals surface area contributed by atoms with Crippen molar-refractivity contribution in [3.05, 3.63) is 0 Å². The SMILES string of the molecule is CCC(C)(CC(C)(C)C)N=C(C)C. The van der Waals surface area contributed by atoms with Crippen molar-refractivity contribution in [2.24, 2.45) is 10.4 Å². The van der Waals surface area contributed by atoms with E-state index in [4.69, 9.17) is 4.99 Å². The van der Waals surface area contributed by atoms with Crippen LogP contribution in [0.1, 0.15) is 61.3 Å². The molecule has 0 aromatic carbocycles. The summed E-state index contributed by atoms with van der Waals surface area (Å²) in [5.74, 6) is 0. The topological polar surface area (TPSA) is 12.4 Å². The van der Waals surface area contributed by atoms with Crippen LogP contribution in [-0.2, 0) is 0 Å². The van der Waals surface area contributed by atoms with Crippen LogP contribution in [0.25, 0.3) is 0 Å². The Morgan fingerprint density at radius 2 is 1.54 bits per heavy atom. The number of hydrogen-bond donors (Lipinski definition) is 0. The summed E-state index contributed by atoms with van der Waals surface area (Å²) in [6.07, 6.45) is 2.27. The predicted octanol–water partition coefficient (Wildman–Crippen LogP) is 4.07. The number of nitrogens with zero attached hydrogens (tertiary/aromatic N) is 1. The van der Waals surface area contributed by atoms with Gasteiger partial charge in [-0.25, -0.2) is 0 Å². The third-order valence-electron chi connectivity index (χ3n) is 2.17. The lowest BCUT2D eigenvalue weighted by molar-refractivity contribution is 0.266. The molecule has 0 saturated carbocycles. The van der Waals surface area contributed by atoms with Crippen LogP contribution in [-0.4, -0.2) is 11.3 Å². The van der Waals surface area contributed by atoms with Gasteiger partial charge in [0.25, 0.3) is 0 Å². The predicted molar refractivity (Wildman–Crippen MR) is 61.6 cm³/mol. The molecular formula is C12H25N. The van der Waals surface area contributed by atoms with E-state index < -0.39 is 0 Å². The number of rotatable bonds is 3. The van der Waals surface area contributed by atoms with Crippen LogP contribution in [0, 0.1) is 5.41 Å². The molecule has 0 bridgehead atoms. The van der Waals surface area contributed by atoms with E-state index in [1.54, 1.807) is 0 Å². The largest absolute Gasteiger partial charge is 0.288 e. The molecule has 0 fully saturated rings. The van der Waals surface area contributed by atoms with E-state index in [2.05, 4.69) is 48.5 Å². The Morgan fingerprint density at radius 1 is 1.08 bits per heavy atom. The molecule has 78 valence electrons. The van der Waals surface area contributed by atoms with Crippen LogP contribution >= 0.6 is 0 Å². The van der Waals surface area contributed by atoms with Crippen molar-refractivity contribution in [1.29, 1.82) is 0 Å². The second-order valence-corrected chi connectivity index (χ2v) is 5.65. The molecule has 1 atom stereocenters. The van der Waals surface area contributed by atoms with Gasteiger partial charge in [-0.2, -0.15) is 0 Å². The second kappa shape index (κ2) is 4.26. The summed E-state index contributed by atoms with van der Waals surface area (Å²) in [5.41, 5.74) is 1.69. The summed E-state index contributed by atoms with van der Waals surface area (Å²) < 4.78 is 0. The Morgan fingerprint density at radius 3 is 1.77 bits per heavy atom. The molecule has 1 unspecified atom stereocenters. The standard InChI is InChI=1S/C12H25N/c1-8-12(7,13-10(2)3)9-11(4,5)6/h8-9H2,1-7H3. The Kier molecular flexibility index (Phi) is 4.15. The maximum Gasteiger partial charge on any atom is 0.0581 e. The highest BCUT2D eigenvalue weighted by Crippen LogP contribution is 2.32. The molecule has 1 heteroatoms. The molecule has 0 amide bonds. The number of hydrogen-bond acceptors (Lipinski definition) is 1. The van der Waals surface area contributed by atoms with Gasteiger partial charge in [0.1, 0.15) is 0 Å². The normalized spacial score (nSPS) is 16.5.